The average molecular weight is 304 g/mol. The van der Waals surface area contributed by atoms with Gasteiger partial charge in [-0.3, -0.25) is 0 Å². The zero-order valence-electron chi connectivity index (χ0n) is 13.2. The second kappa shape index (κ2) is 9.99. The number of esters is 1. The van der Waals surface area contributed by atoms with Crippen LogP contribution in [0.15, 0.2) is 46.4 Å². The molecule has 0 radical (unpaired) electrons. The number of hydrogen-bond acceptors (Lipinski definition) is 5. The molecule has 1 N–H and O–H groups in total. The summed E-state index contributed by atoms with van der Waals surface area (Å²) in [6.07, 6.45) is 0. The van der Waals surface area contributed by atoms with E-state index in [1.165, 1.54) is 12.1 Å². The summed E-state index contributed by atoms with van der Waals surface area (Å²) in [7, 11) is -3.84. The Hall–Kier alpha value is 0.180. The van der Waals surface area contributed by atoms with Gasteiger partial charge in [0.1, 0.15) is 0 Å². The van der Waals surface area contributed by atoms with Gasteiger partial charge >= 0.3 is 65.1 Å². The number of ether oxygens (including phenoxy) is 1. The molecule has 0 spiro atoms. The molecule has 0 atom stereocenters. The minimum Gasteiger partial charge on any atom is -1.00 e. The van der Waals surface area contributed by atoms with Crippen molar-refractivity contribution < 1.29 is 85.0 Å². The minimum absolute atomic E-state index is 0. The summed E-state index contributed by atoms with van der Waals surface area (Å²) in [6, 6.07) is 7.48. The van der Waals surface area contributed by atoms with E-state index in [0.29, 0.717) is 5.41 Å². The number of carbonyl (C=O) groups excluding carboxylic acids is 1. The molecule has 0 aliphatic heterocycles. The topological polar surface area (TPSA) is 80.7 Å². The van der Waals surface area contributed by atoms with Crippen LogP contribution < -0.4 is 59.1 Å². The van der Waals surface area contributed by atoms with E-state index in [2.05, 4.69) is 4.74 Å². The maximum absolute atomic E-state index is 11.7. The van der Waals surface area contributed by atoms with Crippen molar-refractivity contribution in [2.24, 2.45) is 0 Å². The van der Waals surface area contributed by atoms with Crippen LogP contribution in [-0.2, 0) is 19.4 Å². The van der Waals surface area contributed by atoms with Crippen LogP contribution in [0.4, 0.5) is 0 Å². The third-order valence-corrected chi connectivity index (χ3v) is 3.29. The molecule has 0 aromatic heterocycles. The van der Waals surface area contributed by atoms with Gasteiger partial charge in [0.15, 0.2) is 0 Å². The fourth-order valence-electron chi connectivity index (χ4n) is 1.08. The number of hydrogen-bond donors (Lipinski definition) is 1. The molecule has 0 saturated carbocycles. The molecule has 0 amide bonds. The first-order valence-electron chi connectivity index (χ1n) is 4.85. The minimum atomic E-state index is -3.84. The van der Waals surface area contributed by atoms with E-state index in [-0.39, 0.29) is 73.5 Å². The third kappa shape index (κ3) is 6.94. The molecule has 1 rings (SSSR count). The van der Waals surface area contributed by atoms with Crippen LogP contribution in [0.1, 0.15) is 9.78 Å². The van der Waals surface area contributed by atoms with Gasteiger partial charge in [-0.15, -0.1) is 0 Å². The predicted octanol–water partition coefficient (Wildman–Crippen LogP) is -4.34. The van der Waals surface area contributed by atoms with Gasteiger partial charge in [-0.2, -0.15) is 0 Å². The third-order valence-electron chi connectivity index (χ3n) is 1.82. The molecule has 1 aromatic rings. The van der Waals surface area contributed by atoms with E-state index < -0.39 is 21.6 Å². The van der Waals surface area contributed by atoms with Crippen molar-refractivity contribution in [2.75, 3.05) is 6.61 Å². The average Bonchev–Trinajstić information content (AvgIpc) is 2.30. The van der Waals surface area contributed by atoms with Crippen LogP contribution in [0.5, 0.6) is 0 Å². The van der Waals surface area contributed by atoms with Gasteiger partial charge in [-0.25, -0.2) is 13.2 Å². The van der Waals surface area contributed by atoms with Crippen molar-refractivity contribution in [3.63, 3.8) is 0 Å². The summed E-state index contributed by atoms with van der Waals surface area (Å²) in [6.45, 7) is 1.61. The van der Waals surface area contributed by atoms with Crippen molar-refractivity contribution in [2.45, 2.75) is 11.8 Å². The number of benzene rings is 1. The van der Waals surface area contributed by atoms with Crippen LogP contribution in [0.3, 0.4) is 0 Å². The maximum atomic E-state index is 11.7. The first-order chi connectivity index (χ1) is 7.97. The zero-order valence-corrected chi connectivity index (χ0v) is 16.0. The fourth-order valence-corrected chi connectivity index (χ4v) is 2.14. The molecule has 0 aliphatic rings. The molecule has 0 saturated heterocycles. The number of carbonyl (C=O) groups is 1. The predicted molar refractivity (Wildman–Crippen MR) is 63.2 cm³/mol. The maximum Gasteiger partial charge on any atom is 1.00 e. The Kier molecular flexibility index (Phi) is 11.3. The first-order valence-corrected chi connectivity index (χ1v) is 6.40. The second-order valence-electron chi connectivity index (χ2n) is 3.08. The quantitative estimate of drug-likeness (QED) is 0.263. The van der Waals surface area contributed by atoms with Gasteiger partial charge in [-0.1, -0.05) is 18.2 Å². The molecule has 5 nitrogen and oxygen atoms in total. The molecule has 19 heavy (non-hydrogen) atoms. The molecule has 96 valence electrons. The monoisotopic (exact) mass is 304 g/mol. The largest absolute Gasteiger partial charge is 1.00 e. The summed E-state index contributed by atoms with van der Waals surface area (Å²) in [4.78, 5) is 11.0. The van der Waals surface area contributed by atoms with Crippen molar-refractivity contribution in [1.82, 2.24) is 0 Å². The second-order valence-corrected chi connectivity index (χ2v) is 4.88. The molecule has 0 unspecified atom stereocenters. The normalized spacial score (nSPS) is 10.9. The Morgan fingerprint density at radius 1 is 1.32 bits per heavy atom. The van der Waals surface area contributed by atoms with Gasteiger partial charge in [0.25, 0.3) is 0 Å². The summed E-state index contributed by atoms with van der Waals surface area (Å²) >= 11 is 0. The molecule has 0 aliphatic carbocycles. The van der Waals surface area contributed by atoms with Gasteiger partial charge in [0.2, 0.25) is 15.6 Å². The van der Waals surface area contributed by atoms with Gasteiger partial charge in [0.05, 0.1) is 16.9 Å². The summed E-state index contributed by atoms with van der Waals surface area (Å²) in [5, 5.41) is 9.74. The molecule has 0 fully saturated rings. The smallest absolute Gasteiger partial charge is 1.00 e. The van der Waals surface area contributed by atoms with Gasteiger partial charge in [0, 0.05) is 0 Å². The molecule has 8 heteroatoms. The summed E-state index contributed by atoms with van der Waals surface area (Å²) in [5.41, 5.74) is 0. The summed E-state index contributed by atoms with van der Waals surface area (Å²) in [5.74, 6) is -2.00. The van der Waals surface area contributed by atoms with Crippen LogP contribution in [0, 0.1) is 0 Å². The number of sulfone groups is 1. The Morgan fingerprint density at radius 3 is 2.32 bits per heavy atom. The molecule has 1 aromatic carbocycles. The van der Waals surface area contributed by atoms with E-state index >= 15 is 0 Å². The first kappa shape index (κ1) is 21.5. The molecule has 0 heterocycles. The van der Waals surface area contributed by atoms with Crippen LogP contribution >= 0.6 is 0 Å². The standard InChI is InChI=1S/C11H12O5S.2Na.2H/c1-2-16-11(13)10(12)8-17(14,15)9-6-4-3-5-7-9;;;;/h3-8,12H,2H2,1H3;;;;/q;2*+1;2*-1. The van der Waals surface area contributed by atoms with Crippen molar-refractivity contribution in [3.8, 4) is 0 Å². The molecular weight excluding hydrogens is 290 g/mol. The Balaban J connectivity index is -0.000000361. The number of aliphatic hydroxyl groups excluding tert-OH is 1. The fraction of sp³-hybridized carbons (Fsp3) is 0.182. The van der Waals surface area contributed by atoms with Crippen LogP contribution in [-0.4, -0.2) is 26.1 Å². The van der Waals surface area contributed by atoms with E-state index in [9.17, 15) is 18.3 Å². The van der Waals surface area contributed by atoms with E-state index in [1.807, 2.05) is 0 Å². The number of rotatable bonds is 4. The van der Waals surface area contributed by atoms with Gasteiger partial charge in [-0.05, 0) is 19.1 Å². The van der Waals surface area contributed by atoms with Crippen molar-refractivity contribution in [1.29, 1.82) is 0 Å². The SMILES string of the molecule is CCOC(=O)C(O)=CS(=O)(=O)c1ccccc1.[H-].[H-].[Na+].[Na+]. The number of aliphatic hydroxyl groups is 1. The van der Waals surface area contributed by atoms with E-state index in [4.69, 9.17) is 0 Å². The van der Waals surface area contributed by atoms with Gasteiger partial charge < -0.3 is 12.7 Å². The summed E-state index contributed by atoms with van der Waals surface area (Å²) < 4.78 is 27.9. The van der Waals surface area contributed by atoms with Crippen LogP contribution in [0.2, 0.25) is 0 Å². The van der Waals surface area contributed by atoms with Crippen LogP contribution in [0.25, 0.3) is 0 Å². The van der Waals surface area contributed by atoms with E-state index in [1.54, 1.807) is 25.1 Å². The Bertz CT molecular complexity index is 535. The molecular formula is C11H14Na2O5S. The zero-order chi connectivity index (χ0) is 12.9. The van der Waals surface area contributed by atoms with Crippen molar-refractivity contribution in [3.05, 3.63) is 41.5 Å². The van der Waals surface area contributed by atoms with Crippen molar-refractivity contribution >= 4 is 15.8 Å². The molecule has 0 bridgehead atoms. The Morgan fingerprint density at radius 2 is 1.84 bits per heavy atom. The van der Waals surface area contributed by atoms with E-state index in [0.717, 1.165) is 0 Å². The Labute approximate surface area is 159 Å².